The van der Waals surface area contributed by atoms with Gasteiger partial charge in [-0.1, -0.05) is 77.2 Å². The third-order valence-electron chi connectivity index (χ3n) is 4.84. The van der Waals surface area contributed by atoms with Crippen molar-refractivity contribution in [1.29, 1.82) is 0 Å². The van der Waals surface area contributed by atoms with Gasteiger partial charge in [0.15, 0.2) is 0 Å². The number of hydrogen-bond donors (Lipinski definition) is 0. The van der Waals surface area contributed by atoms with Gasteiger partial charge in [0, 0.05) is 12.8 Å². The van der Waals surface area contributed by atoms with Crippen molar-refractivity contribution in [3.63, 3.8) is 0 Å². The van der Waals surface area contributed by atoms with Crippen molar-refractivity contribution in [2.75, 3.05) is 13.2 Å². The molecule has 0 unspecified atom stereocenters. The number of ether oxygens (including phenoxy) is 2. The Morgan fingerprint density at radius 2 is 1.07 bits per heavy atom. The molecule has 4 heteroatoms. The largest absolute Gasteiger partial charge is 0.466 e. The molecule has 0 aromatic heterocycles. The lowest BCUT2D eigenvalue weighted by molar-refractivity contribution is -0.146. The minimum atomic E-state index is -0.182. The first-order valence-electron chi connectivity index (χ1n) is 11.6. The number of carbonyl (C=O) groups is 2. The number of carbonyl (C=O) groups excluding carboxylic acids is 2. The third-order valence-corrected chi connectivity index (χ3v) is 4.84. The Morgan fingerprint density at radius 3 is 1.54 bits per heavy atom. The molecular weight excluding hydrogens is 352 g/mol. The highest BCUT2D eigenvalue weighted by atomic mass is 16.5. The summed E-state index contributed by atoms with van der Waals surface area (Å²) in [4.78, 5) is 23.1. The molecule has 0 aromatic carbocycles. The van der Waals surface area contributed by atoms with E-state index in [4.69, 9.17) is 9.47 Å². The van der Waals surface area contributed by atoms with Crippen molar-refractivity contribution >= 4 is 11.9 Å². The van der Waals surface area contributed by atoms with E-state index in [2.05, 4.69) is 13.5 Å². The van der Waals surface area contributed by atoms with Crippen LogP contribution in [0.15, 0.2) is 12.7 Å². The number of rotatable bonds is 21. The molecule has 164 valence electrons. The van der Waals surface area contributed by atoms with E-state index >= 15 is 0 Å². The second-order valence-electron chi connectivity index (χ2n) is 7.61. The Hall–Kier alpha value is -1.32. The molecule has 0 saturated heterocycles. The van der Waals surface area contributed by atoms with Crippen LogP contribution in [0.5, 0.6) is 0 Å². The molecule has 0 aliphatic carbocycles. The molecule has 0 fully saturated rings. The Balaban J connectivity index is 3.27. The summed E-state index contributed by atoms with van der Waals surface area (Å²) in [7, 11) is 0. The predicted octanol–water partition coefficient (Wildman–Crippen LogP) is 6.91. The molecule has 0 aliphatic rings. The molecule has 0 amide bonds. The zero-order chi connectivity index (χ0) is 20.7. The van der Waals surface area contributed by atoms with E-state index in [0.29, 0.717) is 38.9 Å². The average Bonchev–Trinajstić information content (AvgIpc) is 2.69. The SMILES string of the molecule is C=CCCCOC(=O)CCCCC(=O)OCCCCCCCCCCCCC. The lowest BCUT2D eigenvalue weighted by Gasteiger charge is -2.06. The molecule has 0 bridgehead atoms. The van der Waals surface area contributed by atoms with Crippen LogP contribution in [-0.2, 0) is 19.1 Å². The van der Waals surface area contributed by atoms with Gasteiger partial charge < -0.3 is 9.47 Å². The summed E-state index contributed by atoms with van der Waals surface area (Å²) in [6.07, 6.45) is 19.8. The van der Waals surface area contributed by atoms with Crippen LogP contribution in [0.25, 0.3) is 0 Å². The number of unbranched alkanes of at least 4 members (excludes halogenated alkanes) is 12. The van der Waals surface area contributed by atoms with Crippen LogP contribution in [0.1, 0.15) is 116 Å². The molecular formula is C24H44O4. The summed E-state index contributed by atoms with van der Waals surface area (Å²) in [5.74, 6) is -0.329. The maximum Gasteiger partial charge on any atom is 0.305 e. The molecule has 0 spiro atoms. The number of hydrogen-bond acceptors (Lipinski definition) is 4. The van der Waals surface area contributed by atoms with Gasteiger partial charge in [-0.25, -0.2) is 0 Å². The van der Waals surface area contributed by atoms with Gasteiger partial charge >= 0.3 is 11.9 Å². The van der Waals surface area contributed by atoms with Gasteiger partial charge in [0.2, 0.25) is 0 Å². The molecule has 0 N–H and O–H groups in total. The van der Waals surface area contributed by atoms with Crippen LogP contribution in [0.2, 0.25) is 0 Å². The fraction of sp³-hybridized carbons (Fsp3) is 0.833. The van der Waals surface area contributed by atoms with Crippen molar-refractivity contribution in [2.24, 2.45) is 0 Å². The van der Waals surface area contributed by atoms with Crippen LogP contribution in [0, 0.1) is 0 Å². The molecule has 0 radical (unpaired) electrons. The Kier molecular flexibility index (Phi) is 20.9. The maximum atomic E-state index is 11.7. The second kappa shape index (κ2) is 22.0. The van der Waals surface area contributed by atoms with Crippen LogP contribution in [0.4, 0.5) is 0 Å². The molecule has 0 rings (SSSR count). The van der Waals surface area contributed by atoms with Crippen LogP contribution in [0.3, 0.4) is 0 Å². The standard InChI is InChI=1S/C24H44O4/c1-3-5-7-8-9-10-11-12-13-14-18-22-28-24(26)20-16-15-19-23(25)27-21-17-6-4-2/h4H,2-3,5-22H2,1H3. The van der Waals surface area contributed by atoms with Gasteiger partial charge in [-0.15, -0.1) is 6.58 Å². The maximum absolute atomic E-state index is 11.7. The summed E-state index contributed by atoms with van der Waals surface area (Å²) in [5.41, 5.74) is 0. The molecule has 0 aromatic rings. The van der Waals surface area contributed by atoms with E-state index in [1.807, 2.05) is 6.08 Å². The highest BCUT2D eigenvalue weighted by Crippen LogP contribution is 2.11. The minimum absolute atomic E-state index is 0.147. The van der Waals surface area contributed by atoms with Crippen LogP contribution < -0.4 is 0 Å². The van der Waals surface area contributed by atoms with Gasteiger partial charge in [0.1, 0.15) is 0 Å². The monoisotopic (exact) mass is 396 g/mol. The molecule has 0 heterocycles. The molecule has 0 aliphatic heterocycles. The van der Waals surface area contributed by atoms with E-state index in [-0.39, 0.29) is 11.9 Å². The molecule has 0 saturated carbocycles. The van der Waals surface area contributed by atoms with E-state index < -0.39 is 0 Å². The third kappa shape index (κ3) is 21.0. The minimum Gasteiger partial charge on any atom is -0.466 e. The van der Waals surface area contributed by atoms with E-state index in [1.165, 1.54) is 57.8 Å². The summed E-state index contributed by atoms with van der Waals surface area (Å²) < 4.78 is 10.4. The second-order valence-corrected chi connectivity index (χ2v) is 7.61. The van der Waals surface area contributed by atoms with Gasteiger partial charge in [-0.05, 0) is 32.1 Å². The van der Waals surface area contributed by atoms with Crippen molar-refractivity contribution < 1.29 is 19.1 Å². The first kappa shape index (κ1) is 26.7. The van der Waals surface area contributed by atoms with Crippen LogP contribution in [-0.4, -0.2) is 25.2 Å². The first-order valence-corrected chi connectivity index (χ1v) is 11.6. The van der Waals surface area contributed by atoms with Crippen molar-refractivity contribution in [3.8, 4) is 0 Å². The Bertz CT molecular complexity index is 379. The zero-order valence-corrected chi connectivity index (χ0v) is 18.4. The van der Waals surface area contributed by atoms with Crippen molar-refractivity contribution in [1.82, 2.24) is 0 Å². The topological polar surface area (TPSA) is 52.6 Å². The van der Waals surface area contributed by atoms with Crippen molar-refractivity contribution in [3.05, 3.63) is 12.7 Å². The molecule has 28 heavy (non-hydrogen) atoms. The van der Waals surface area contributed by atoms with E-state index in [0.717, 1.165) is 25.7 Å². The molecule has 0 atom stereocenters. The quantitative estimate of drug-likeness (QED) is 0.120. The summed E-state index contributed by atoms with van der Waals surface area (Å²) >= 11 is 0. The summed E-state index contributed by atoms with van der Waals surface area (Å²) in [5, 5.41) is 0. The Morgan fingerprint density at radius 1 is 0.643 bits per heavy atom. The number of esters is 2. The highest BCUT2D eigenvalue weighted by Gasteiger charge is 2.06. The normalized spacial score (nSPS) is 10.6. The van der Waals surface area contributed by atoms with Gasteiger partial charge in [0.05, 0.1) is 13.2 Å². The van der Waals surface area contributed by atoms with Gasteiger partial charge in [-0.3, -0.25) is 9.59 Å². The lowest BCUT2D eigenvalue weighted by Crippen LogP contribution is -2.08. The Labute approximate surface area is 173 Å². The van der Waals surface area contributed by atoms with E-state index in [1.54, 1.807) is 0 Å². The van der Waals surface area contributed by atoms with Gasteiger partial charge in [-0.2, -0.15) is 0 Å². The summed E-state index contributed by atoms with van der Waals surface area (Å²) in [6, 6.07) is 0. The van der Waals surface area contributed by atoms with Crippen LogP contribution >= 0.6 is 0 Å². The smallest absolute Gasteiger partial charge is 0.305 e. The first-order chi connectivity index (χ1) is 13.7. The zero-order valence-electron chi connectivity index (χ0n) is 18.4. The lowest BCUT2D eigenvalue weighted by atomic mass is 10.1. The summed E-state index contributed by atoms with van der Waals surface area (Å²) in [6.45, 7) is 6.86. The van der Waals surface area contributed by atoms with Gasteiger partial charge in [0.25, 0.3) is 0 Å². The van der Waals surface area contributed by atoms with Crippen molar-refractivity contribution in [2.45, 2.75) is 116 Å². The number of allylic oxidation sites excluding steroid dienone is 1. The fourth-order valence-corrected chi connectivity index (χ4v) is 3.05. The fourth-order valence-electron chi connectivity index (χ4n) is 3.05. The highest BCUT2D eigenvalue weighted by molar-refractivity contribution is 5.70. The molecule has 4 nitrogen and oxygen atoms in total. The van der Waals surface area contributed by atoms with E-state index in [9.17, 15) is 9.59 Å². The average molecular weight is 397 g/mol. The predicted molar refractivity (Wildman–Crippen MR) is 116 cm³/mol.